The quantitative estimate of drug-likeness (QED) is 0.0543. The molecule has 0 spiro atoms. The maximum atomic E-state index is 14.8. The number of amides is 1. The number of hydrogen-bond acceptors (Lipinski definition) is 9. The van der Waals surface area contributed by atoms with Crippen molar-refractivity contribution in [2.24, 2.45) is 22.9 Å². The highest BCUT2D eigenvalue weighted by molar-refractivity contribution is 6.03. The lowest BCUT2D eigenvalue weighted by Crippen LogP contribution is -2.70. The normalized spacial score (nSPS) is 23.1. The highest BCUT2D eigenvalue weighted by atomic mass is 16.7. The van der Waals surface area contributed by atoms with Gasteiger partial charge in [0.05, 0.1) is 29.9 Å². The third-order valence-corrected chi connectivity index (χ3v) is 12.4. The first-order valence-electron chi connectivity index (χ1n) is 21.7. The Labute approximate surface area is 359 Å². The molecule has 0 unspecified atom stereocenters. The van der Waals surface area contributed by atoms with Crippen molar-refractivity contribution in [1.29, 1.82) is 5.26 Å². The minimum absolute atomic E-state index is 0.0742. The number of nitriles is 1. The van der Waals surface area contributed by atoms with Gasteiger partial charge < -0.3 is 34.2 Å². The molecule has 1 saturated carbocycles. The third kappa shape index (κ3) is 9.15. The summed E-state index contributed by atoms with van der Waals surface area (Å²) in [5.74, 6) is 0.000298. The van der Waals surface area contributed by atoms with Gasteiger partial charge in [0, 0.05) is 43.2 Å². The van der Waals surface area contributed by atoms with Gasteiger partial charge in [-0.2, -0.15) is 5.26 Å². The predicted molar refractivity (Wildman–Crippen MR) is 236 cm³/mol. The molecule has 0 saturated heterocycles. The van der Waals surface area contributed by atoms with E-state index in [0.717, 1.165) is 53.7 Å². The Morgan fingerprint density at radius 3 is 2.33 bits per heavy atom. The Balaban J connectivity index is 1.39. The fraction of sp³-hybridized carbons (Fsp3) is 0.392. The number of aliphatic hydroxyl groups excluding tert-OH is 2. The number of hydrogen-bond donors (Lipinski definition) is 2. The van der Waals surface area contributed by atoms with Crippen LogP contribution in [0, 0.1) is 29.1 Å². The first-order valence-corrected chi connectivity index (χ1v) is 21.7. The Morgan fingerprint density at radius 2 is 1.66 bits per heavy atom. The van der Waals surface area contributed by atoms with E-state index in [1.807, 2.05) is 54.3 Å². The average Bonchev–Trinajstić information content (AvgIpc) is 3.29. The number of aliphatic hydroxyl groups is 2. The van der Waals surface area contributed by atoms with Gasteiger partial charge in [-0.1, -0.05) is 79.5 Å². The van der Waals surface area contributed by atoms with Crippen molar-refractivity contribution in [3.8, 4) is 34.4 Å². The van der Waals surface area contributed by atoms with Gasteiger partial charge >= 0.3 is 0 Å². The molecule has 1 aliphatic heterocycles. The lowest BCUT2D eigenvalue weighted by atomic mass is 9.55. The molecule has 10 heteroatoms. The van der Waals surface area contributed by atoms with Crippen LogP contribution in [0.4, 0.5) is 0 Å². The number of rotatable bonds is 19. The van der Waals surface area contributed by atoms with Crippen molar-refractivity contribution in [2.45, 2.75) is 76.0 Å². The van der Waals surface area contributed by atoms with Crippen LogP contribution < -0.4 is 9.47 Å². The third-order valence-electron chi connectivity index (χ3n) is 12.4. The summed E-state index contributed by atoms with van der Waals surface area (Å²) in [5.41, 5.74) is 5.82. The molecule has 0 bridgehead atoms. The summed E-state index contributed by atoms with van der Waals surface area (Å²) in [6, 6.07) is 32.5. The van der Waals surface area contributed by atoms with Crippen LogP contribution in [0.1, 0.15) is 85.7 Å². The summed E-state index contributed by atoms with van der Waals surface area (Å²) < 4.78 is 21.0. The summed E-state index contributed by atoms with van der Waals surface area (Å²) in [6.45, 7) is 6.87. The number of ether oxygens (including phenoxy) is 3. The number of allylic oxidation sites excluding steroid dienone is 1. The zero-order valence-corrected chi connectivity index (χ0v) is 35.2. The number of carbonyl (C=O) groups is 1. The van der Waals surface area contributed by atoms with E-state index in [1.165, 1.54) is 0 Å². The van der Waals surface area contributed by atoms with Crippen molar-refractivity contribution < 1.29 is 34.1 Å². The second kappa shape index (κ2) is 20.2. The lowest BCUT2D eigenvalue weighted by molar-refractivity contribution is -0.254. The summed E-state index contributed by atoms with van der Waals surface area (Å²) in [5, 5.41) is 34.0. The first-order chi connectivity index (χ1) is 29.9. The van der Waals surface area contributed by atoms with E-state index in [2.05, 4.69) is 54.2 Å². The number of nitrogens with zero attached hydrogens (tertiary/aromatic N) is 3. The van der Waals surface area contributed by atoms with Crippen LogP contribution in [-0.4, -0.2) is 72.0 Å². The Kier molecular flexibility index (Phi) is 14.4. The van der Waals surface area contributed by atoms with Crippen molar-refractivity contribution in [2.75, 3.05) is 33.5 Å². The number of oxime groups is 1. The van der Waals surface area contributed by atoms with Crippen LogP contribution >= 0.6 is 0 Å². The van der Waals surface area contributed by atoms with Crippen LogP contribution in [-0.2, 0) is 9.57 Å². The monoisotopic (exact) mass is 823 g/mol. The summed E-state index contributed by atoms with van der Waals surface area (Å²) in [6.07, 6.45) is 9.70. The van der Waals surface area contributed by atoms with Crippen LogP contribution in [0.2, 0.25) is 0 Å². The fourth-order valence-corrected chi connectivity index (χ4v) is 9.80. The molecule has 2 aliphatic carbocycles. The van der Waals surface area contributed by atoms with Gasteiger partial charge in [-0.05, 0) is 115 Å². The second-order valence-corrected chi connectivity index (χ2v) is 16.1. The topological polar surface area (TPSA) is 134 Å². The molecule has 3 aliphatic rings. The Hall–Kier alpha value is -5.73. The van der Waals surface area contributed by atoms with Crippen molar-refractivity contribution >= 4 is 11.6 Å². The van der Waals surface area contributed by atoms with E-state index in [-0.39, 0.29) is 43.5 Å². The summed E-state index contributed by atoms with van der Waals surface area (Å²) >= 11 is 0. The fourth-order valence-electron chi connectivity index (χ4n) is 9.80. The molecular weight excluding hydrogens is 767 g/mol. The zero-order valence-electron chi connectivity index (χ0n) is 35.2. The minimum atomic E-state index is -1.37. The van der Waals surface area contributed by atoms with Gasteiger partial charge in [-0.15, -0.1) is 6.58 Å². The minimum Gasteiger partial charge on any atom is -0.459 e. The molecule has 4 aromatic carbocycles. The van der Waals surface area contributed by atoms with Crippen LogP contribution in [0.3, 0.4) is 0 Å². The smallest absolute Gasteiger partial charge is 0.254 e. The van der Waals surface area contributed by atoms with Gasteiger partial charge in [0.25, 0.3) is 5.91 Å². The van der Waals surface area contributed by atoms with Crippen molar-refractivity contribution in [1.82, 2.24) is 4.90 Å². The number of benzene rings is 4. The van der Waals surface area contributed by atoms with Crippen LogP contribution in [0.5, 0.6) is 17.2 Å². The molecule has 1 fully saturated rings. The number of carbonyl (C=O) groups excluding carboxylic acids is 1. The van der Waals surface area contributed by atoms with E-state index in [4.69, 9.17) is 19.0 Å². The molecule has 1 heterocycles. The second-order valence-electron chi connectivity index (χ2n) is 16.1. The van der Waals surface area contributed by atoms with Crippen molar-refractivity contribution in [3.63, 3.8) is 0 Å². The van der Waals surface area contributed by atoms with Crippen LogP contribution in [0.25, 0.3) is 11.1 Å². The van der Waals surface area contributed by atoms with Gasteiger partial charge in [0.2, 0.25) is 5.79 Å². The maximum absolute atomic E-state index is 14.8. The molecule has 4 aromatic rings. The lowest BCUT2D eigenvalue weighted by Gasteiger charge is -2.60. The van der Waals surface area contributed by atoms with E-state index in [0.29, 0.717) is 60.6 Å². The molecule has 7 rings (SSSR count). The molecule has 6 atom stereocenters. The van der Waals surface area contributed by atoms with Gasteiger partial charge in [0.1, 0.15) is 30.4 Å². The predicted octanol–water partition coefficient (Wildman–Crippen LogP) is 9.83. The SMILES string of the molecule is C=CCO[C@@]12Oc3ccc(Oc4ccc(-c5ccccc5)cc4)cc3[C@H]3[C@H](CCCCO)[C@@H](CCCCO)C=C(C(=NOC)C[C@@H]1N(CCC)C(=O)c1ccc(C#N)cc1)[C@H]32. The van der Waals surface area contributed by atoms with Gasteiger partial charge in [-0.25, -0.2) is 0 Å². The molecule has 318 valence electrons. The molecule has 1 amide bonds. The largest absolute Gasteiger partial charge is 0.459 e. The summed E-state index contributed by atoms with van der Waals surface area (Å²) in [4.78, 5) is 22.3. The Bertz CT molecular complexity index is 2220. The first kappa shape index (κ1) is 43.4. The number of unbranched alkanes of at least 4 members (excludes halogenated alkanes) is 2. The highest BCUT2D eigenvalue weighted by Crippen LogP contribution is 2.62. The van der Waals surface area contributed by atoms with Gasteiger partial charge in [-0.3, -0.25) is 4.79 Å². The average molecular weight is 824 g/mol. The number of fused-ring (bicyclic) bond motifs is 2. The molecular formula is C51H57N3O7. The van der Waals surface area contributed by atoms with E-state index >= 15 is 0 Å². The van der Waals surface area contributed by atoms with E-state index < -0.39 is 17.7 Å². The highest BCUT2D eigenvalue weighted by Gasteiger charge is 2.65. The Morgan fingerprint density at radius 1 is 0.951 bits per heavy atom. The molecule has 2 N–H and O–H groups in total. The molecule has 10 nitrogen and oxygen atoms in total. The molecule has 61 heavy (non-hydrogen) atoms. The van der Waals surface area contributed by atoms with E-state index in [1.54, 1.807) is 37.5 Å². The van der Waals surface area contributed by atoms with E-state index in [9.17, 15) is 20.3 Å². The van der Waals surface area contributed by atoms with Gasteiger partial charge in [0.15, 0.2) is 0 Å². The molecule has 0 aromatic heterocycles. The van der Waals surface area contributed by atoms with Crippen LogP contribution in [0.15, 0.2) is 127 Å². The molecule has 0 radical (unpaired) electrons. The van der Waals surface area contributed by atoms with Crippen molar-refractivity contribution in [3.05, 3.63) is 138 Å². The zero-order chi connectivity index (χ0) is 42.8. The maximum Gasteiger partial charge on any atom is 0.254 e. The standard InChI is InChI=1S/C51H57N3O7/c1-4-27-54(50(57)38-19-17-35(34-52)18-20-38)47-33-45(53-58-3)43-31-39(15-9-11-28-55)42(16-10-12-29-56)48-44-32-41(25-26-46(44)61-51(47,49(43)48)59-30-5-2)60-40-23-21-37(22-24-40)36-13-7-6-8-14-36/h5-8,13-14,17-26,31-32,39,42,47-49,55-56H,2,4,9-12,15-16,27-30,33H2,1,3H3/t39-,42+,47-,48+,49+,51+/m0/s1. The summed E-state index contributed by atoms with van der Waals surface area (Å²) in [7, 11) is 1.55.